The maximum Gasteiger partial charge on any atom is 0.238 e. The van der Waals surface area contributed by atoms with Gasteiger partial charge >= 0.3 is 0 Å². The normalized spacial score (nSPS) is 11.0. The number of hydrogen-bond donors (Lipinski definition) is 6. The monoisotopic (exact) mass is 347 g/mol. The van der Waals surface area contributed by atoms with Crippen molar-refractivity contribution in [2.24, 2.45) is 22.6 Å². The van der Waals surface area contributed by atoms with Crippen LogP contribution >= 0.6 is 0 Å². The molecule has 2 aromatic carbocycles. The Kier molecular flexibility index (Phi) is 4.95. The molecule has 9 nitrogen and oxygen atoms in total. The molecular weight excluding hydrogens is 330 g/mol. The van der Waals surface area contributed by atoms with Crippen molar-refractivity contribution < 1.29 is 8.42 Å². The van der Waals surface area contributed by atoms with Crippen LogP contribution in [0.2, 0.25) is 0 Å². The second kappa shape index (κ2) is 6.76. The van der Waals surface area contributed by atoms with Gasteiger partial charge in [-0.2, -0.15) is 5.10 Å². The Morgan fingerprint density at radius 3 is 2.50 bits per heavy atom. The molecule has 0 spiro atoms. The molecule has 10 N–H and O–H groups in total. The van der Waals surface area contributed by atoms with E-state index in [0.29, 0.717) is 11.1 Å². The molecule has 0 aliphatic heterocycles. The van der Waals surface area contributed by atoms with Crippen LogP contribution in [0.15, 0.2) is 47.5 Å². The van der Waals surface area contributed by atoms with Crippen LogP contribution in [0, 0.1) is 5.41 Å². The second-order valence-electron chi connectivity index (χ2n) is 4.81. The van der Waals surface area contributed by atoms with E-state index >= 15 is 0 Å². The van der Waals surface area contributed by atoms with Crippen LogP contribution in [0.1, 0.15) is 5.56 Å². The summed E-state index contributed by atoms with van der Waals surface area (Å²) < 4.78 is 23.4. The Morgan fingerprint density at radius 1 is 1.17 bits per heavy atom. The number of fused-ring (bicyclic) bond motifs is 1. The van der Waals surface area contributed by atoms with Gasteiger partial charge in [-0.1, -0.05) is 24.3 Å². The lowest BCUT2D eigenvalue weighted by Gasteiger charge is -2.12. The molecule has 0 radical (unpaired) electrons. The summed E-state index contributed by atoms with van der Waals surface area (Å²) in [5, 5.41) is 20.7. The van der Waals surface area contributed by atoms with Gasteiger partial charge in [-0.15, -0.1) is 0 Å². The first-order valence-electron chi connectivity index (χ1n) is 6.65. The number of nitrogens with zero attached hydrogens (tertiary/aromatic N) is 1. The number of primary sulfonamides is 1. The van der Waals surface area contributed by atoms with Gasteiger partial charge < -0.3 is 5.73 Å². The van der Waals surface area contributed by atoms with Gasteiger partial charge in [-0.3, -0.25) is 22.2 Å². The maximum absolute atomic E-state index is 11.7. The van der Waals surface area contributed by atoms with Crippen molar-refractivity contribution in [1.82, 2.24) is 10.2 Å². The Morgan fingerprint density at radius 2 is 1.88 bits per heavy atom. The third kappa shape index (κ3) is 3.26. The van der Waals surface area contributed by atoms with E-state index in [2.05, 4.69) is 21.9 Å². The molecule has 1 heterocycles. The Hall–Kier alpha value is -2.79. The molecule has 0 saturated heterocycles. The quantitative estimate of drug-likeness (QED) is 0.167. The Bertz CT molecular complexity index is 995. The zero-order chi connectivity index (χ0) is 17.9. The zero-order valence-electron chi connectivity index (χ0n) is 12.5. The fourth-order valence-corrected chi connectivity index (χ4v) is 3.16. The van der Waals surface area contributed by atoms with E-state index in [4.69, 9.17) is 16.3 Å². The Balaban J connectivity index is 0.00000100. The predicted octanol–water partition coefficient (Wildman–Crippen LogP) is -0.0198. The zero-order valence-corrected chi connectivity index (χ0v) is 13.3. The largest absolute Gasteiger partial charge is 0.384 e. The molecule has 24 heavy (non-hydrogen) atoms. The van der Waals surface area contributed by atoms with Crippen LogP contribution in [0.25, 0.3) is 22.0 Å². The first-order valence-corrected chi connectivity index (χ1v) is 8.19. The average molecular weight is 347 g/mol. The van der Waals surface area contributed by atoms with E-state index in [-0.39, 0.29) is 16.3 Å². The van der Waals surface area contributed by atoms with E-state index in [1.165, 1.54) is 6.07 Å². The van der Waals surface area contributed by atoms with Crippen molar-refractivity contribution in [2.45, 2.75) is 4.90 Å². The van der Waals surface area contributed by atoms with Crippen LogP contribution < -0.4 is 22.6 Å². The second-order valence-corrected chi connectivity index (χ2v) is 6.34. The van der Waals surface area contributed by atoms with E-state index < -0.39 is 10.0 Å². The minimum Gasteiger partial charge on any atom is -0.384 e. The lowest BCUT2D eigenvalue weighted by molar-refractivity contribution is 0.597. The standard InChI is InChI=1S/C14H13N5O2S.H4N2/c15-14(16)13-10(2-1-3-12(13)22(17,20)21)8-4-5-9-7-18-19-11(9)6-8;1-2/h1-7H,(H3,15,16)(H,18,19)(H2,17,20,21);1-2H2. The first-order chi connectivity index (χ1) is 11.4. The molecule has 0 unspecified atom stereocenters. The minimum absolute atomic E-state index is 0.101. The number of hydrazine groups is 1. The topological polar surface area (TPSA) is 191 Å². The van der Waals surface area contributed by atoms with Gasteiger partial charge in [0, 0.05) is 10.9 Å². The summed E-state index contributed by atoms with van der Waals surface area (Å²) in [6.45, 7) is 0. The number of hydrogen-bond acceptors (Lipinski definition) is 6. The van der Waals surface area contributed by atoms with Gasteiger partial charge in [0.05, 0.1) is 16.6 Å². The molecule has 0 bridgehead atoms. The fourth-order valence-electron chi connectivity index (χ4n) is 2.39. The molecule has 126 valence electrons. The first kappa shape index (κ1) is 17.6. The molecule has 0 atom stereocenters. The summed E-state index contributed by atoms with van der Waals surface area (Å²) in [4.78, 5) is -0.165. The summed E-state index contributed by atoms with van der Waals surface area (Å²) in [6, 6.07) is 10.1. The van der Waals surface area contributed by atoms with Crippen molar-refractivity contribution in [3.05, 3.63) is 48.2 Å². The third-order valence-electron chi connectivity index (χ3n) is 3.36. The summed E-state index contributed by atoms with van der Waals surface area (Å²) in [5.41, 5.74) is 7.72. The summed E-state index contributed by atoms with van der Waals surface area (Å²) in [7, 11) is -3.98. The van der Waals surface area contributed by atoms with Crippen LogP contribution in [-0.4, -0.2) is 24.5 Å². The number of sulfonamides is 1. The molecule has 3 aromatic rings. The molecule has 0 amide bonds. The number of amidine groups is 1. The van der Waals surface area contributed by atoms with Gasteiger partial charge in [0.25, 0.3) is 0 Å². The fraction of sp³-hybridized carbons (Fsp3) is 0. The van der Waals surface area contributed by atoms with Gasteiger partial charge in [0.15, 0.2) is 0 Å². The van der Waals surface area contributed by atoms with Crippen LogP contribution in [0.3, 0.4) is 0 Å². The average Bonchev–Trinajstić information content (AvgIpc) is 3.02. The number of nitrogens with two attached hydrogens (primary N) is 4. The Labute approximate surface area is 138 Å². The van der Waals surface area contributed by atoms with Crippen molar-refractivity contribution in [3.63, 3.8) is 0 Å². The number of benzene rings is 2. The summed E-state index contributed by atoms with van der Waals surface area (Å²) in [5.74, 6) is 7.64. The SMILES string of the molecule is N=C(N)c1c(-c2ccc3cn[nH]c3c2)cccc1S(N)(=O)=O.NN. The van der Waals surface area contributed by atoms with E-state index in [1.54, 1.807) is 18.3 Å². The van der Waals surface area contributed by atoms with E-state index in [9.17, 15) is 8.42 Å². The lowest BCUT2D eigenvalue weighted by Crippen LogP contribution is -2.21. The highest BCUT2D eigenvalue weighted by Crippen LogP contribution is 2.29. The van der Waals surface area contributed by atoms with Crippen molar-refractivity contribution >= 4 is 26.8 Å². The van der Waals surface area contributed by atoms with Crippen molar-refractivity contribution in [3.8, 4) is 11.1 Å². The van der Waals surface area contributed by atoms with Gasteiger partial charge in [0.2, 0.25) is 10.0 Å². The molecule has 3 rings (SSSR count). The smallest absolute Gasteiger partial charge is 0.238 e. The van der Waals surface area contributed by atoms with Gasteiger partial charge in [0.1, 0.15) is 5.84 Å². The maximum atomic E-state index is 11.7. The minimum atomic E-state index is -3.98. The predicted molar refractivity (Wildman–Crippen MR) is 92.3 cm³/mol. The lowest BCUT2D eigenvalue weighted by atomic mass is 9.98. The number of H-pyrrole nitrogens is 1. The van der Waals surface area contributed by atoms with Crippen molar-refractivity contribution in [2.75, 3.05) is 0 Å². The number of nitrogens with one attached hydrogen (secondary N) is 2. The molecule has 0 saturated carbocycles. The number of aromatic amines is 1. The van der Waals surface area contributed by atoms with Crippen LogP contribution in [0.4, 0.5) is 0 Å². The molecule has 0 fully saturated rings. The highest BCUT2D eigenvalue weighted by molar-refractivity contribution is 7.89. The van der Waals surface area contributed by atoms with E-state index in [0.717, 1.165) is 10.9 Å². The molecular formula is C14H17N7O2S. The van der Waals surface area contributed by atoms with Crippen LogP contribution in [0.5, 0.6) is 0 Å². The van der Waals surface area contributed by atoms with Crippen molar-refractivity contribution in [1.29, 1.82) is 5.41 Å². The summed E-state index contributed by atoms with van der Waals surface area (Å²) in [6.07, 6.45) is 1.69. The molecule has 0 aliphatic rings. The summed E-state index contributed by atoms with van der Waals surface area (Å²) >= 11 is 0. The van der Waals surface area contributed by atoms with Gasteiger partial charge in [-0.05, 0) is 23.3 Å². The molecule has 0 aliphatic carbocycles. The van der Waals surface area contributed by atoms with Crippen LogP contribution in [-0.2, 0) is 10.0 Å². The molecule has 1 aromatic heterocycles. The highest BCUT2D eigenvalue weighted by Gasteiger charge is 2.20. The van der Waals surface area contributed by atoms with E-state index in [1.807, 2.05) is 18.2 Å². The number of rotatable bonds is 3. The number of aromatic nitrogens is 2. The number of nitrogen functional groups attached to an aromatic ring is 1. The highest BCUT2D eigenvalue weighted by atomic mass is 32.2. The van der Waals surface area contributed by atoms with Gasteiger partial charge in [-0.25, -0.2) is 13.6 Å². The third-order valence-corrected chi connectivity index (χ3v) is 4.31. The molecule has 10 heteroatoms.